The summed E-state index contributed by atoms with van der Waals surface area (Å²) in [6, 6.07) is 19.9. The van der Waals surface area contributed by atoms with Gasteiger partial charge in [-0.05, 0) is 46.8 Å². The van der Waals surface area contributed by atoms with Crippen LogP contribution in [0, 0.1) is 11.8 Å². The molecular formula is C20H20. The van der Waals surface area contributed by atoms with Crippen molar-refractivity contribution in [1.82, 2.24) is 0 Å². The molecule has 2 aromatic rings. The quantitative estimate of drug-likeness (QED) is 0.650. The zero-order chi connectivity index (χ0) is 13.6. The Kier molecular flexibility index (Phi) is 2.60. The second-order valence-corrected chi connectivity index (χ2v) is 6.56. The molecule has 0 N–H and O–H groups in total. The minimum atomic E-state index is 0.338. The standard InChI is InChI=1S/C20H20/c1-20(14-15-10-11-19(20)12-15)18-9-5-8-17(13-18)16-6-3-2-4-7-16/h2-11,13,15,19H,12,14H2,1H3. The summed E-state index contributed by atoms with van der Waals surface area (Å²) in [5.41, 5.74) is 4.51. The van der Waals surface area contributed by atoms with E-state index in [1.807, 2.05) is 0 Å². The first kappa shape index (κ1) is 12.0. The Hall–Kier alpha value is -1.82. The van der Waals surface area contributed by atoms with Gasteiger partial charge in [-0.3, -0.25) is 0 Å². The molecule has 20 heavy (non-hydrogen) atoms. The molecular weight excluding hydrogens is 240 g/mol. The molecule has 0 saturated heterocycles. The van der Waals surface area contributed by atoms with Crippen molar-refractivity contribution in [2.75, 3.05) is 0 Å². The van der Waals surface area contributed by atoms with Crippen molar-refractivity contribution < 1.29 is 0 Å². The van der Waals surface area contributed by atoms with Crippen molar-refractivity contribution in [3.63, 3.8) is 0 Å². The lowest BCUT2D eigenvalue weighted by Gasteiger charge is -2.32. The number of fused-ring (bicyclic) bond motifs is 2. The van der Waals surface area contributed by atoms with E-state index in [1.54, 1.807) is 0 Å². The number of hydrogen-bond acceptors (Lipinski definition) is 0. The van der Waals surface area contributed by atoms with Crippen molar-refractivity contribution in [2.24, 2.45) is 11.8 Å². The summed E-state index contributed by atoms with van der Waals surface area (Å²) in [4.78, 5) is 0. The average Bonchev–Trinajstić information content (AvgIpc) is 3.09. The summed E-state index contributed by atoms with van der Waals surface area (Å²) in [6.45, 7) is 2.45. The highest BCUT2D eigenvalue weighted by Crippen LogP contribution is 2.53. The van der Waals surface area contributed by atoms with Crippen molar-refractivity contribution in [3.05, 3.63) is 72.3 Å². The molecule has 100 valence electrons. The molecule has 0 aromatic heterocycles. The van der Waals surface area contributed by atoms with Gasteiger partial charge in [0.2, 0.25) is 0 Å². The molecule has 0 heterocycles. The van der Waals surface area contributed by atoms with Crippen LogP contribution >= 0.6 is 0 Å². The van der Waals surface area contributed by atoms with Crippen LogP contribution < -0.4 is 0 Å². The lowest BCUT2D eigenvalue weighted by Crippen LogP contribution is -2.26. The number of hydrogen-bond donors (Lipinski definition) is 0. The first-order chi connectivity index (χ1) is 9.75. The summed E-state index contributed by atoms with van der Waals surface area (Å²) in [6.07, 6.45) is 7.54. The van der Waals surface area contributed by atoms with Crippen LogP contribution in [0.2, 0.25) is 0 Å². The molecule has 0 radical (unpaired) electrons. The topological polar surface area (TPSA) is 0 Å². The van der Waals surface area contributed by atoms with Crippen molar-refractivity contribution in [3.8, 4) is 11.1 Å². The van der Waals surface area contributed by atoms with Crippen LogP contribution in [0.25, 0.3) is 11.1 Å². The van der Waals surface area contributed by atoms with E-state index >= 15 is 0 Å². The maximum Gasteiger partial charge on any atom is -0.000654 e. The Balaban J connectivity index is 1.76. The molecule has 2 bridgehead atoms. The summed E-state index contributed by atoms with van der Waals surface area (Å²) in [5, 5.41) is 0. The fourth-order valence-electron chi connectivity index (χ4n) is 4.11. The molecule has 0 heteroatoms. The molecule has 0 spiro atoms. The maximum absolute atomic E-state index is 2.45. The SMILES string of the molecule is CC1(c2cccc(-c3ccccc3)c2)CC2C=CC1C2. The lowest BCUT2D eigenvalue weighted by atomic mass is 9.72. The maximum atomic E-state index is 2.45. The highest BCUT2D eigenvalue weighted by Gasteiger charge is 2.45. The van der Waals surface area contributed by atoms with Gasteiger partial charge in [-0.15, -0.1) is 0 Å². The number of rotatable bonds is 2. The first-order valence-corrected chi connectivity index (χ1v) is 7.60. The number of benzene rings is 2. The van der Waals surface area contributed by atoms with Crippen molar-refractivity contribution in [1.29, 1.82) is 0 Å². The van der Waals surface area contributed by atoms with Gasteiger partial charge in [-0.25, -0.2) is 0 Å². The van der Waals surface area contributed by atoms with Crippen LogP contribution in [-0.4, -0.2) is 0 Å². The molecule has 1 fully saturated rings. The van der Waals surface area contributed by atoms with Crippen LogP contribution in [0.3, 0.4) is 0 Å². The molecule has 0 aliphatic heterocycles. The van der Waals surface area contributed by atoms with E-state index < -0.39 is 0 Å². The molecule has 0 nitrogen and oxygen atoms in total. The second kappa shape index (κ2) is 4.34. The highest BCUT2D eigenvalue weighted by molar-refractivity contribution is 5.64. The minimum absolute atomic E-state index is 0.338. The zero-order valence-corrected chi connectivity index (χ0v) is 11.9. The third-order valence-corrected chi connectivity index (χ3v) is 5.31. The predicted molar refractivity (Wildman–Crippen MR) is 84.6 cm³/mol. The Morgan fingerprint density at radius 2 is 1.70 bits per heavy atom. The van der Waals surface area contributed by atoms with Crippen LogP contribution in [0.15, 0.2) is 66.7 Å². The first-order valence-electron chi connectivity index (χ1n) is 7.60. The third-order valence-electron chi connectivity index (χ3n) is 5.31. The minimum Gasteiger partial charge on any atom is -0.0851 e. The second-order valence-electron chi connectivity index (χ2n) is 6.56. The van der Waals surface area contributed by atoms with Gasteiger partial charge in [-0.1, -0.05) is 73.7 Å². The predicted octanol–water partition coefficient (Wildman–Crippen LogP) is 5.21. The van der Waals surface area contributed by atoms with Gasteiger partial charge in [0.05, 0.1) is 0 Å². The molecule has 0 amide bonds. The normalized spacial score (nSPS) is 30.9. The van der Waals surface area contributed by atoms with Gasteiger partial charge in [0, 0.05) is 0 Å². The van der Waals surface area contributed by atoms with Gasteiger partial charge >= 0.3 is 0 Å². The molecule has 1 saturated carbocycles. The average molecular weight is 260 g/mol. The fraction of sp³-hybridized carbons (Fsp3) is 0.300. The van der Waals surface area contributed by atoms with Crippen LogP contribution in [0.1, 0.15) is 25.3 Å². The molecule has 2 aromatic carbocycles. The van der Waals surface area contributed by atoms with Gasteiger partial charge in [0.1, 0.15) is 0 Å². The van der Waals surface area contributed by atoms with Crippen LogP contribution in [0.4, 0.5) is 0 Å². The smallest absolute Gasteiger partial charge is 0.000654 e. The van der Waals surface area contributed by atoms with Gasteiger partial charge in [0.15, 0.2) is 0 Å². The Bertz CT molecular complexity index is 653. The van der Waals surface area contributed by atoms with Crippen LogP contribution in [-0.2, 0) is 5.41 Å². The monoisotopic (exact) mass is 260 g/mol. The highest BCUT2D eigenvalue weighted by atomic mass is 14.5. The molecule has 3 unspecified atom stereocenters. The Morgan fingerprint density at radius 1 is 0.900 bits per heavy atom. The molecule has 2 aliphatic carbocycles. The zero-order valence-electron chi connectivity index (χ0n) is 11.9. The summed E-state index contributed by atoms with van der Waals surface area (Å²) < 4.78 is 0. The summed E-state index contributed by atoms with van der Waals surface area (Å²) in [7, 11) is 0. The van der Waals surface area contributed by atoms with Gasteiger partial charge < -0.3 is 0 Å². The van der Waals surface area contributed by atoms with Crippen molar-refractivity contribution >= 4 is 0 Å². The van der Waals surface area contributed by atoms with E-state index in [1.165, 1.54) is 29.5 Å². The van der Waals surface area contributed by atoms with E-state index in [0.717, 1.165) is 11.8 Å². The largest absolute Gasteiger partial charge is 0.0851 e. The van der Waals surface area contributed by atoms with E-state index in [0.29, 0.717) is 5.41 Å². The van der Waals surface area contributed by atoms with E-state index in [-0.39, 0.29) is 0 Å². The third kappa shape index (κ3) is 1.75. The van der Waals surface area contributed by atoms with Crippen LogP contribution in [0.5, 0.6) is 0 Å². The molecule has 3 atom stereocenters. The van der Waals surface area contributed by atoms with Gasteiger partial charge in [0.25, 0.3) is 0 Å². The van der Waals surface area contributed by atoms with E-state index in [2.05, 4.69) is 73.7 Å². The molecule has 2 aliphatic rings. The lowest BCUT2D eigenvalue weighted by molar-refractivity contribution is 0.396. The van der Waals surface area contributed by atoms with E-state index in [4.69, 9.17) is 0 Å². The van der Waals surface area contributed by atoms with Gasteiger partial charge in [-0.2, -0.15) is 0 Å². The summed E-state index contributed by atoms with van der Waals surface area (Å²) >= 11 is 0. The number of allylic oxidation sites excluding steroid dienone is 2. The Morgan fingerprint density at radius 3 is 2.40 bits per heavy atom. The summed E-state index contributed by atoms with van der Waals surface area (Å²) in [5.74, 6) is 1.55. The van der Waals surface area contributed by atoms with E-state index in [9.17, 15) is 0 Å². The fourth-order valence-corrected chi connectivity index (χ4v) is 4.11. The molecule has 4 rings (SSSR count). The Labute approximate surface area is 121 Å². The van der Waals surface area contributed by atoms with Crippen molar-refractivity contribution in [2.45, 2.75) is 25.2 Å².